The van der Waals surface area contributed by atoms with E-state index in [1.54, 1.807) is 0 Å². The van der Waals surface area contributed by atoms with E-state index in [4.69, 9.17) is 4.74 Å². The fourth-order valence-corrected chi connectivity index (χ4v) is 3.16. The zero-order valence-electron chi connectivity index (χ0n) is 12.2. The lowest BCUT2D eigenvalue weighted by atomic mass is 9.87. The monoisotopic (exact) mass is 293 g/mol. The molecule has 20 heavy (non-hydrogen) atoms. The number of hydrogen-bond acceptors (Lipinski definition) is 4. The summed E-state index contributed by atoms with van der Waals surface area (Å²) in [6.45, 7) is 2.14. The Labute approximate surface area is 125 Å². The smallest absolute Gasteiger partial charge is 0.330 e. The number of esters is 1. The summed E-state index contributed by atoms with van der Waals surface area (Å²) in [7, 11) is 1.47. The van der Waals surface area contributed by atoms with Crippen LogP contribution in [-0.4, -0.2) is 30.6 Å². The van der Waals surface area contributed by atoms with Crippen LogP contribution in [0.3, 0.4) is 0 Å². The first-order chi connectivity index (χ1) is 9.73. The number of nitrogens with one attached hydrogen (secondary N) is 1. The van der Waals surface area contributed by atoms with Gasteiger partial charge < -0.3 is 4.74 Å². The molecule has 1 fully saturated rings. The predicted molar refractivity (Wildman–Crippen MR) is 83.9 cm³/mol. The Balaban J connectivity index is 2.28. The van der Waals surface area contributed by atoms with E-state index in [2.05, 4.69) is 12.2 Å². The highest BCUT2D eigenvalue weighted by molar-refractivity contribution is 7.99. The predicted octanol–water partition coefficient (Wildman–Crippen LogP) is 2.95. The molecule has 0 aromatic heterocycles. The summed E-state index contributed by atoms with van der Waals surface area (Å²) in [4.78, 5) is 12.5. The van der Waals surface area contributed by atoms with Gasteiger partial charge in [0.15, 0.2) is 0 Å². The maximum Gasteiger partial charge on any atom is 0.330 e. The quantitative estimate of drug-likeness (QED) is 0.591. The third-order valence-corrected chi connectivity index (χ3v) is 4.55. The molecule has 0 amide bonds. The summed E-state index contributed by atoms with van der Waals surface area (Å²) < 4.78 is 5.12. The van der Waals surface area contributed by atoms with Crippen molar-refractivity contribution in [2.45, 2.75) is 37.8 Å². The first-order valence-electron chi connectivity index (χ1n) is 7.22. The summed E-state index contributed by atoms with van der Waals surface area (Å²) in [5.74, 6) is 1.84. The number of ether oxygens (including phenoxy) is 1. The van der Waals surface area contributed by atoms with Gasteiger partial charge in [-0.25, -0.2) is 4.79 Å². The van der Waals surface area contributed by atoms with Crippen LogP contribution in [-0.2, 0) is 15.1 Å². The van der Waals surface area contributed by atoms with Crippen molar-refractivity contribution in [3.05, 3.63) is 35.9 Å². The van der Waals surface area contributed by atoms with E-state index in [0.29, 0.717) is 6.04 Å². The molecule has 0 heterocycles. The number of carbonyl (C=O) groups is 1. The molecule has 110 valence electrons. The molecule has 0 saturated heterocycles. The van der Waals surface area contributed by atoms with Crippen LogP contribution in [0.4, 0.5) is 0 Å². The summed E-state index contributed by atoms with van der Waals surface area (Å²) in [5, 5.41) is 3.54. The molecule has 1 N–H and O–H groups in total. The second-order valence-electron chi connectivity index (χ2n) is 5.13. The van der Waals surface area contributed by atoms with Crippen molar-refractivity contribution in [2.75, 3.05) is 18.6 Å². The molecule has 0 spiro atoms. The van der Waals surface area contributed by atoms with E-state index >= 15 is 0 Å². The summed E-state index contributed by atoms with van der Waals surface area (Å²) in [6.07, 6.45) is 3.05. The van der Waals surface area contributed by atoms with Crippen molar-refractivity contribution >= 4 is 17.7 Å². The largest absolute Gasteiger partial charge is 0.467 e. The van der Waals surface area contributed by atoms with Crippen LogP contribution in [0.15, 0.2) is 30.3 Å². The minimum atomic E-state index is -0.695. The van der Waals surface area contributed by atoms with Crippen LogP contribution in [0.2, 0.25) is 0 Å². The van der Waals surface area contributed by atoms with Crippen molar-refractivity contribution in [3.8, 4) is 0 Å². The minimum absolute atomic E-state index is 0.174. The second kappa shape index (κ2) is 7.14. The molecule has 0 radical (unpaired) electrons. The van der Waals surface area contributed by atoms with Crippen molar-refractivity contribution in [1.29, 1.82) is 0 Å². The topological polar surface area (TPSA) is 38.3 Å². The summed E-state index contributed by atoms with van der Waals surface area (Å²) in [5.41, 5.74) is 0.315. The number of methoxy groups -OCH3 is 1. The Kier molecular flexibility index (Phi) is 5.49. The van der Waals surface area contributed by atoms with E-state index in [9.17, 15) is 4.79 Å². The van der Waals surface area contributed by atoms with Crippen LogP contribution in [0.1, 0.15) is 31.7 Å². The Morgan fingerprint density at radius 1 is 1.40 bits per heavy atom. The molecular weight excluding hydrogens is 270 g/mol. The van der Waals surface area contributed by atoms with Crippen LogP contribution in [0.25, 0.3) is 0 Å². The zero-order valence-corrected chi connectivity index (χ0v) is 13.0. The highest BCUT2D eigenvalue weighted by Crippen LogP contribution is 2.33. The Bertz CT molecular complexity index is 433. The zero-order chi connectivity index (χ0) is 14.4. The van der Waals surface area contributed by atoms with Crippen molar-refractivity contribution < 1.29 is 9.53 Å². The Hall–Kier alpha value is -1.00. The lowest BCUT2D eigenvalue weighted by Crippen LogP contribution is -2.51. The molecule has 1 unspecified atom stereocenters. The van der Waals surface area contributed by atoms with Gasteiger partial charge in [0, 0.05) is 6.04 Å². The summed E-state index contributed by atoms with van der Waals surface area (Å²) in [6, 6.07) is 10.4. The second-order valence-corrected chi connectivity index (χ2v) is 6.52. The van der Waals surface area contributed by atoms with Crippen LogP contribution in [0, 0.1) is 0 Å². The number of carbonyl (C=O) groups excluding carboxylic acids is 1. The molecule has 2 rings (SSSR count). The standard InChI is InChI=1S/C16H23NO2S/c1-3-20-12-11-16(15(18)19-2,17-14-9-10-14)13-7-5-4-6-8-13/h4-8,14,17H,3,9-12H2,1-2H3. The lowest BCUT2D eigenvalue weighted by molar-refractivity contribution is -0.149. The maximum atomic E-state index is 12.5. The van der Waals surface area contributed by atoms with E-state index in [1.165, 1.54) is 7.11 Å². The molecule has 1 aliphatic carbocycles. The van der Waals surface area contributed by atoms with Crippen molar-refractivity contribution in [2.24, 2.45) is 0 Å². The molecule has 1 aromatic carbocycles. The molecule has 1 aromatic rings. The lowest BCUT2D eigenvalue weighted by Gasteiger charge is -2.33. The van der Waals surface area contributed by atoms with Gasteiger partial charge >= 0.3 is 5.97 Å². The van der Waals surface area contributed by atoms with Gasteiger partial charge in [-0.15, -0.1) is 0 Å². The van der Waals surface area contributed by atoms with Gasteiger partial charge in [0.1, 0.15) is 5.54 Å². The highest BCUT2D eigenvalue weighted by Gasteiger charge is 2.44. The van der Waals surface area contributed by atoms with Gasteiger partial charge in [0.2, 0.25) is 0 Å². The van der Waals surface area contributed by atoms with Gasteiger partial charge in [-0.3, -0.25) is 5.32 Å². The third-order valence-electron chi connectivity index (χ3n) is 3.65. The molecule has 1 atom stereocenters. The SMILES string of the molecule is CCSCCC(NC1CC1)(C(=O)OC)c1ccccc1. The number of hydrogen-bond donors (Lipinski definition) is 1. The number of rotatable bonds is 8. The Morgan fingerprint density at radius 2 is 2.10 bits per heavy atom. The normalized spacial score (nSPS) is 17.5. The average molecular weight is 293 g/mol. The van der Waals surface area contributed by atoms with Gasteiger partial charge in [-0.1, -0.05) is 37.3 Å². The van der Waals surface area contributed by atoms with Crippen molar-refractivity contribution in [3.63, 3.8) is 0 Å². The third kappa shape index (κ3) is 3.55. The van der Waals surface area contributed by atoms with E-state index in [0.717, 1.165) is 36.3 Å². The first kappa shape index (κ1) is 15.4. The molecular formula is C16H23NO2S. The fourth-order valence-electron chi connectivity index (χ4n) is 2.42. The van der Waals surface area contributed by atoms with Crippen LogP contribution < -0.4 is 5.32 Å². The van der Waals surface area contributed by atoms with Crippen LogP contribution >= 0.6 is 11.8 Å². The minimum Gasteiger partial charge on any atom is -0.467 e. The van der Waals surface area contributed by atoms with E-state index in [1.807, 2.05) is 42.1 Å². The molecule has 0 aliphatic heterocycles. The highest BCUT2D eigenvalue weighted by atomic mass is 32.2. The van der Waals surface area contributed by atoms with E-state index in [-0.39, 0.29) is 5.97 Å². The molecule has 0 bridgehead atoms. The first-order valence-corrected chi connectivity index (χ1v) is 8.38. The molecule has 1 aliphatic rings. The molecule has 4 heteroatoms. The maximum absolute atomic E-state index is 12.5. The van der Waals surface area contributed by atoms with Gasteiger partial charge in [0.25, 0.3) is 0 Å². The molecule has 3 nitrogen and oxygen atoms in total. The number of benzene rings is 1. The number of thioether (sulfide) groups is 1. The van der Waals surface area contributed by atoms with Crippen LogP contribution in [0.5, 0.6) is 0 Å². The van der Waals surface area contributed by atoms with Gasteiger partial charge in [0.05, 0.1) is 7.11 Å². The van der Waals surface area contributed by atoms with Gasteiger partial charge in [-0.2, -0.15) is 11.8 Å². The summed E-state index contributed by atoms with van der Waals surface area (Å²) >= 11 is 1.86. The van der Waals surface area contributed by atoms with Gasteiger partial charge in [-0.05, 0) is 36.3 Å². The Morgan fingerprint density at radius 3 is 2.65 bits per heavy atom. The average Bonchev–Trinajstić information content (AvgIpc) is 3.30. The van der Waals surface area contributed by atoms with Crippen molar-refractivity contribution in [1.82, 2.24) is 5.32 Å². The van der Waals surface area contributed by atoms with E-state index < -0.39 is 5.54 Å². The fraction of sp³-hybridized carbons (Fsp3) is 0.562. The molecule has 1 saturated carbocycles.